The number of methoxy groups -OCH3 is 1. The zero-order chi connectivity index (χ0) is 16.9. The SMILES string of the molecule is COc1ccccc1Oc1cocc1C(O)=CC(=O)c1ncn[nH]1. The summed E-state index contributed by atoms with van der Waals surface area (Å²) in [4.78, 5) is 15.6. The molecule has 2 N–H and O–H groups in total. The molecule has 8 heteroatoms. The number of ether oxygens (including phenoxy) is 2. The number of aromatic amines is 1. The van der Waals surface area contributed by atoms with E-state index in [1.54, 1.807) is 24.3 Å². The molecule has 0 atom stereocenters. The number of benzene rings is 1. The molecule has 0 saturated heterocycles. The Kier molecular flexibility index (Phi) is 4.28. The highest BCUT2D eigenvalue weighted by atomic mass is 16.5. The van der Waals surface area contributed by atoms with Crippen LogP contribution in [0.3, 0.4) is 0 Å². The molecule has 1 aromatic carbocycles. The van der Waals surface area contributed by atoms with Gasteiger partial charge < -0.3 is 19.0 Å². The maximum absolute atomic E-state index is 11.9. The summed E-state index contributed by atoms with van der Waals surface area (Å²) in [5, 5.41) is 16.2. The van der Waals surface area contributed by atoms with E-state index in [1.165, 1.54) is 26.0 Å². The van der Waals surface area contributed by atoms with Crippen LogP contribution in [0.1, 0.15) is 16.2 Å². The van der Waals surface area contributed by atoms with Gasteiger partial charge in [0.15, 0.2) is 23.1 Å². The molecule has 24 heavy (non-hydrogen) atoms. The van der Waals surface area contributed by atoms with Crippen molar-refractivity contribution in [3.05, 3.63) is 60.6 Å². The molecular weight excluding hydrogens is 314 g/mol. The molecular formula is C16H13N3O5. The first-order valence-electron chi connectivity index (χ1n) is 6.87. The number of H-pyrrole nitrogens is 1. The summed E-state index contributed by atoms with van der Waals surface area (Å²) < 4.78 is 16.0. The third kappa shape index (κ3) is 3.12. The molecule has 0 aliphatic carbocycles. The number of carbonyl (C=O) groups excluding carboxylic acids is 1. The van der Waals surface area contributed by atoms with Crippen molar-refractivity contribution in [3.8, 4) is 17.2 Å². The van der Waals surface area contributed by atoms with Gasteiger partial charge in [0.2, 0.25) is 5.78 Å². The second kappa shape index (κ2) is 6.69. The molecule has 0 unspecified atom stereocenters. The van der Waals surface area contributed by atoms with Crippen LogP contribution < -0.4 is 9.47 Å². The number of aromatic nitrogens is 3. The number of hydrogen-bond donors (Lipinski definition) is 2. The van der Waals surface area contributed by atoms with Gasteiger partial charge in [-0.25, -0.2) is 4.98 Å². The lowest BCUT2D eigenvalue weighted by atomic mass is 10.2. The van der Waals surface area contributed by atoms with Crippen LogP contribution in [0.5, 0.6) is 17.2 Å². The number of carbonyl (C=O) groups is 1. The predicted molar refractivity (Wildman–Crippen MR) is 83.1 cm³/mol. The Morgan fingerprint density at radius 2 is 2.04 bits per heavy atom. The van der Waals surface area contributed by atoms with Gasteiger partial charge in [0.05, 0.1) is 12.7 Å². The Bertz CT molecular complexity index is 867. The Morgan fingerprint density at radius 3 is 2.75 bits per heavy atom. The molecule has 0 radical (unpaired) electrons. The average molecular weight is 327 g/mol. The second-order valence-electron chi connectivity index (χ2n) is 4.63. The summed E-state index contributed by atoms with van der Waals surface area (Å²) in [6, 6.07) is 7.02. The minimum absolute atomic E-state index is 0.0113. The molecule has 0 aliphatic rings. The van der Waals surface area contributed by atoms with Gasteiger partial charge in [0, 0.05) is 6.08 Å². The number of allylic oxidation sites excluding steroid dienone is 1. The van der Waals surface area contributed by atoms with E-state index in [1.807, 2.05) is 0 Å². The van der Waals surface area contributed by atoms with E-state index in [9.17, 15) is 9.90 Å². The third-order valence-electron chi connectivity index (χ3n) is 3.11. The number of rotatable bonds is 6. The maximum Gasteiger partial charge on any atom is 0.226 e. The summed E-state index contributed by atoms with van der Waals surface area (Å²) in [5.74, 6) is 0.350. The van der Waals surface area contributed by atoms with E-state index in [0.717, 1.165) is 6.08 Å². The number of hydrogen-bond acceptors (Lipinski definition) is 7. The van der Waals surface area contributed by atoms with E-state index >= 15 is 0 Å². The number of ketones is 1. The van der Waals surface area contributed by atoms with Gasteiger partial charge in [-0.2, -0.15) is 5.10 Å². The molecule has 122 valence electrons. The first-order chi connectivity index (χ1) is 11.7. The topological polar surface area (TPSA) is 110 Å². The van der Waals surface area contributed by atoms with Crippen molar-refractivity contribution in [2.75, 3.05) is 7.11 Å². The van der Waals surface area contributed by atoms with Crippen LogP contribution in [0, 0.1) is 0 Å². The van der Waals surface area contributed by atoms with Crippen molar-refractivity contribution >= 4 is 11.5 Å². The highest BCUT2D eigenvalue weighted by Gasteiger charge is 2.16. The van der Waals surface area contributed by atoms with Crippen molar-refractivity contribution in [2.24, 2.45) is 0 Å². The number of nitrogens with one attached hydrogen (secondary N) is 1. The predicted octanol–water partition coefficient (Wildman–Crippen LogP) is 2.98. The first-order valence-corrected chi connectivity index (χ1v) is 6.87. The van der Waals surface area contributed by atoms with Crippen molar-refractivity contribution < 1.29 is 23.8 Å². The molecule has 0 saturated carbocycles. The van der Waals surface area contributed by atoms with Crippen molar-refractivity contribution in [1.29, 1.82) is 0 Å². The molecule has 2 aromatic heterocycles. The number of para-hydroxylation sites is 2. The smallest absolute Gasteiger partial charge is 0.226 e. The summed E-state index contributed by atoms with van der Waals surface area (Å²) in [6.45, 7) is 0. The van der Waals surface area contributed by atoms with Crippen LogP contribution in [-0.4, -0.2) is 33.2 Å². The highest BCUT2D eigenvalue weighted by Crippen LogP contribution is 2.35. The fourth-order valence-electron chi connectivity index (χ4n) is 1.97. The quantitative estimate of drug-likeness (QED) is 0.407. The van der Waals surface area contributed by atoms with Gasteiger partial charge in [0.25, 0.3) is 0 Å². The minimum Gasteiger partial charge on any atom is -0.507 e. The largest absolute Gasteiger partial charge is 0.507 e. The lowest BCUT2D eigenvalue weighted by Gasteiger charge is -2.09. The van der Waals surface area contributed by atoms with E-state index < -0.39 is 5.78 Å². The Hall–Kier alpha value is -3.55. The Labute approximate surface area is 136 Å². The van der Waals surface area contributed by atoms with Gasteiger partial charge in [-0.1, -0.05) is 12.1 Å². The number of aliphatic hydroxyl groups excluding tert-OH is 1. The zero-order valence-electron chi connectivity index (χ0n) is 12.6. The average Bonchev–Trinajstić information content (AvgIpc) is 3.27. The maximum atomic E-state index is 11.9. The van der Waals surface area contributed by atoms with E-state index in [2.05, 4.69) is 15.2 Å². The molecule has 2 heterocycles. The van der Waals surface area contributed by atoms with Crippen LogP contribution in [0.15, 0.2) is 53.6 Å². The molecule has 3 aromatic rings. The van der Waals surface area contributed by atoms with Crippen LogP contribution in [0.2, 0.25) is 0 Å². The van der Waals surface area contributed by atoms with Crippen LogP contribution in [-0.2, 0) is 0 Å². The second-order valence-corrected chi connectivity index (χ2v) is 4.63. The van der Waals surface area contributed by atoms with Gasteiger partial charge >= 0.3 is 0 Å². The van der Waals surface area contributed by atoms with Crippen LogP contribution >= 0.6 is 0 Å². The minimum atomic E-state index is -0.533. The molecule has 0 spiro atoms. The van der Waals surface area contributed by atoms with Crippen molar-refractivity contribution in [3.63, 3.8) is 0 Å². The first kappa shape index (κ1) is 15.3. The van der Waals surface area contributed by atoms with Crippen molar-refractivity contribution in [2.45, 2.75) is 0 Å². The van der Waals surface area contributed by atoms with Crippen LogP contribution in [0.4, 0.5) is 0 Å². The number of nitrogens with zero attached hydrogens (tertiary/aromatic N) is 2. The lowest BCUT2D eigenvalue weighted by Crippen LogP contribution is -1.99. The zero-order valence-corrected chi connectivity index (χ0v) is 12.6. The van der Waals surface area contributed by atoms with Crippen LogP contribution in [0.25, 0.3) is 5.76 Å². The van der Waals surface area contributed by atoms with E-state index in [0.29, 0.717) is 11.5 Å². The summed E-state index contributed by atoms with van der Waals surface area (Å²) in [6.07, 6.45) is 4.78. The lowest BCUT2D eigenvalue weighted by molar-refractivity contribution is 0.103. The molecule has 0 amide bonds. The highest BCUT2D eigenvalue weighted by molar-refractivity contribution is 6.05. The monoisotopic (exact) mass is 327 g/mol. The van der Waals surface area contributed by atoms with Gasteiger partial charge in [-0.05, 0) is 12.1 Å². The molecule has 0 bridgehead atoms. The van der Waals surface area contributed by atoms with Crippen molar-refractivity contribution in [1.82, 2.24) is 15.2 Å². The molecule has 3 rings (SSSR count). The molecule has 0 fully saturated rings. The van der Waals surface area contributed by atoms with Gasteiger partial charge in [0.1, 0.15) is 24.6 Å². The van der Waals surface area contributed by atoms with Gasteiger partial charge in [-0.15, -0.1) is 0 Å². The molecule has 8 nitrogen and oxygen atoms in total. The van der Waals surface area contributed by atoms with Gasteiger partial charge in [-0.3, -0.25) is 9.89 Å². The molecule has 0 aliphatic heterocycles. The Balaban J connectivity index is 1.86. The Morgan fingerprint density at radius 1 is 1.25 bits per heavy atom. The van der Waals surface area contributed by atoms with E-state index in [-0.39, 0.29) is 22.9 Å². The normalized spacial score (nSPS) is 11.3. The fraction of sp³-hybridized carbons (Fsp3) is 0.0625. The van der Waals surface area contributed by atoms with E-state index in [4.69, 9.17) is 13.9 Å². The number of furan rings is 1. The fourth-order valence-corrected chi connectivity index (χ4v) is 1.97. The summed E-state index contributed by atoms with van der Waals surface area (Å²) >= 11 is 0. The standard InChI is InChI=1S/C16H13N3O5/c1-22-13-4-2-3-5-14(13)24-15-8-23-7-10(15)11(20)6-12(21)16-17-9-18-19-16/h2-9,20H,1H3,(H,17,18,19). The summed E-state index contributed by atoms with van der Waals surface area (Å²) in [7, 11) is 1.52. The summed E-state index contributed by atoms with van der Waals surface area (Å²) in [5.41, 5.74) is 0.216. The number of aliphatic hydroxyl groups is 1. The third-order valence-corrected chi connectivity index (χ3v) is 3.11.